The summed E-state index contributed by atoms with van der Waals surface area (Å²) in [5, 5.41) is 4.22. The van der Waals surface area contributed by atoms with Crippen LogP contribution < -0.4 is 10.9 Å². The van der Waals surface area contributed by atoms with E-state index in [0.717, 1.165) is 23.3 Å². The third-order valence-corrected chi connectivity index (χ3v) is 7.18. The number of hydrogen-bond acceptors (Lipinski definition) is 6. The van der Waals surface area contributed by atoms with Crippen LogP contribution in [-0.4, -0.2) is 24.5 Å². The van der Waals surface area contributed by atoms with Crippen LogP contribution in [0.5, 0.6) is 0 Å². The second kappa shape index (κ2) is 11.2. The van der Waals surface area contributed by atoms with Crippen molar-refractivity contribution in [1.82, 2.24) is 24.5 Å². The molecule has 0 aliphatic rings. The average Bonchev–Trinajstić information content (AvgIpc) is 2.95. The van der Waals surface area contributed by atoms with Gasteiger partial charge in [-0.05, 0) is 74.5 Å². The molecule has 0 aliphatic carbocycles. The molecule has 0 amide bonds. The molecule has 0 saturated heterocycles. The number of fused-ring (bicyclic) bond motifs is 1. The Labute approximate surface area is 245 Å². The predicted octanol–water partition coefficient (Wildman–Crippen LogP) is 7.48. The topological polar surface area (TPSA) is 85.6 Å². The van der Waals surface area contributed by atoms with Crippen molar-refractivity contribution >= 4 is 28.1 Å². The molecule has 0 aliphatic heterocycles. The van der Waals surface area contributed by atoms with E-state index in [1.807, 2.05) is 19.1 Å². The maximum atomic E-state index is 13.7. The summed E-state index contributed by atoms with van der Waals surface area (Å²) in [6.45, 7) is 7.27. The third-order valence-electron chi connectivity index (χ3n) is 7.01. The van der Waals surface area contributed by atoms with E-state index >= 15 is 0 Å². The molecule has 1 N–H and O–H groups in total. The largest absolute Gasteiger partial charge is 0.378 e. The van der Waals surface area contributed by atoms with Gasteiger partial charge in [-0.2, -0.15) is 0 Å². The van der Waals surface area contributed by atoms with Crippen LogP contribution in [-0.2, 0) is 11.9 Å². The van der Waals surface area contributed by atoms with Gasteiger partial charge >= 0.3 is 0 Å². The molecule has 3 heterocycles. The summed E-state index contributed by atoms with van der Waals surface area (Å²) in [6.07, 6.45) is 3.59. The summed E-state index contributed by atoms with van der Waals surface area (Å²) in [5.41, 5.74) is 2.80. The number of aromatic nitrogens is 5. The molecule has 0 unspecified atom stereocenters. The van der Waals surface area contributed by atoms with Crippen LogP contribution in [0.1, 0.15) is 55.8 Å². The zero-order chi connectivity index (χ0) is 30.3. The van der Waals surface area contributed by atoms with Crippen LogP contribution in [0.4, 0.5) is 18.9 Å². The lowest BCUT2D eigenvalue weighted by Gasteiger charge is -2.21. The van der Waals surface area contributed by atoms with Crippen molar-refractivity contribution in [2.45, 2.75) is 45.0 Å². The molecule has 5 aromatic rings. The first-order valence-corrected chi connectivity index (χ1v) is 13.5. The van der Waals surface area contributed by atoms with E-state index in [2.05, 4.69) is 25.3 Å². The highest BCUT2D eigenvalue weighted by atomic mass is 35.5. The molecule has 11 heteroatoms. The van der Waals surface area contributed by atoms with Gasteiger partial charge < -0.3 is 9.88 Å². The fourth-order valence-corrected chi connectivity index (χ4v) is 4.94. The zero-order valence-corrected chi connectivity index (χ0v) is 24.3. The number of rotatable bonds is 7. The molecular weight excluding hydrogens is 565 g/mol. The molecule has 0 bridgehead atoms. The molecule has 5 rings (SSSR count). The second-order valence-electron chi connectivity index (χ2n) is 10.7. The van der Waals surface area contributed by atoms with Crippen molar-refractivity contribution in [1.29, 1.82) is 0 Å². The van der Waals surface area contributed by atoms with E-state index in [1.54, 1.807) is 58.7 Å². The molecule has 0 radical (unpaired) electrons. The summed E-state index contributed by atoms with van der Waals surface area (Å²) < 4.78 is 42.5. The fraction of sp³-hybridized carbons (Fsp3) is 0.258. The minimum atomic E-state index is -2.86. The number of anilines is 1. The Hall–Kier alpha value is -4.31. The van der Waals surface area contributed by atoms with Gasteiger partial charge in [0.15, 0.2) is 5.82 Å². The van der Waals surface area contributed by atoms with Crippen molar-refractivity contribution in [3.05, 3.63) is 99.9 Å². The fourth-order valence-electron chi connectivity index (χ4n) is 4.84. The van der Waals surface area contributed by atoms with Crippen LogP contribution in [0.3, 0.4) is 0 Å². The van der Waals surface area contributed by atoms with Crippen LogP contribution in [0.25, 0.3) is 33.4 Å². The highest BCUT2D eigenvalue weighted by Gasteiger charge is 2.21. The predicted molar refractivity (Wildman–Crippen MR) is 158 cm³/mol. The van der Waals surface area contributed by atoms with E-state index in [4.69, 9.17) is 11.6 Å². The Balaban J connectivity index is 1.55. The zero-order valence-electron chi connectivity index (χ0n) is 23.6. The van der Waals surface area contributed by atoms with Crippen molar-refractivity contribution in [3.63, 3.8) is 0 Å². The normalized spacial score (nSPS) is 12.6. The van der Waals surface area contributed by atoms with Crippen molar-refractivity contribution < 1.29 is 13.2 Å². The maximum absolute atomic E-state index is 13.7. The van der Waals surface area contributed by atoms with E-state index in [1.165, 1.54) is 10.6 Å². The Morgan fingerprint density at radius 3 is 2.17 bits per heavy atom. The smallest absolute Gasteiger partial charge is 0.265 e. The summed E-state index contributed by atoms with van der Waals surface area (Å²) in [6, 6.07) is 8.32. The standard InChI is InChI=1S/C31H28ClF3N6O/c1-16-8-21(17(2)40-25-7-6-20(33)10-24(25)27(34)35)22-11-26(41(5)29(42)23(22)9-16)18-12-36-28(37-13-18)19-14-38-30(39-15-19)31(3,4)32/h6-15,17,27,40H,1-5H3/t17-/m1/s1. The second-order valence-corrected chi connectivity index (χ2v) is 11.6. The van der Waals surface area contributed by atoms with Crippen LogP contribution in [0, 0.1) is 12.7 Å². The summed E-state index contributed by atoms with van der Waals surface area (Å²) in [4.78, 5) is 30.4. The summed E-state index contributed by atoms with van der Waals surface area (Å²) >= 11 is 6.29. The molecule has 0 spiro atoms. The van der Waals surface area contributed by atoms with Gasteiger partial charge in [-0.15, -0.1) is 11.6 Å². The van der Waals surface area contributed by atoms with E-state index < -0.39 is 28.7 Å². The average molecular weight is 593 g/mol. The first kappa shape index (κ1) is 29.2. The lowest BCUT2D eigenvalue weighted by atomic mass is 9.96. The van der Waals surface area contributed by atoms with Gasteiger partial charge in [0.2, 0.25) is 0 Å². The molecule has 3 aromatic heterocycles. The van der Waals surface area contributed by atoms with Gasteiger partial charge in [-0.1, -0.05) is 6.07 Å². The van der Waals surface area contributed by atoms with Gasteiger partial charge in [-0.25, -0.2) is 33.1 Å². The van der Waals surface area contributed by atoms with Gasteiger partial charge in [0, 0.05) is 60.1 Å². The first-order chi connectivity index (χ1) is 19.8. The van der Waals surface area contributed by atoms with Crippen molar-refractivity contribution in [2.24, 2.45) is 7.05 Å². The summed E-state index contributed by atoms with van der Waals surface area (Å²) in [7, 11) is 1.67. The van der Waals surface area contributed by atoms with Gasteiger partial charge in [0.25, 0.3) is 12.0 Å². The Kier molecular flexibility index (Phi) is 7.76. The molecule has 2 aromatic carbocycles. The molecule has 0 fully saturated rings. The van der Waals surface area contributed by atoms with Crippen molar-refractivity contribution in [3.8, 4) is 22.6 Å². The number of alkyl halides is 3. The Morgan fingerprint density at radius 1 is 0.905 bits per heavy atom. The lowest BCUT2D eigenvalue weighted by Crippen LogP contribution is -2.20. The van der Waals surface area contributed by atoms with Crippen LogP contribution in [0.15, 0.2) is 66.0 Å². The number of aryl methyl sites for hydroxylation is 1. The Bertz CT molecular complexity index is 1830. The molecule has 0 saturated carbocycles. The van der Waals surface area contributed by atoms with Crippen molar-refractivity contribution in [2.75, 3.05) is 5.32 Å². The highest BCUT2D eigenvalue weighted by Crippen LogP contribution is 2.34. The van der Waals surface area contributed by atoms with Gasteiger partial charge in [0.1, 0.15) is 11.6 Å². The first-order valence-electron chi connectivity index (χ1n) is 13.2. The minimum absolute atomic E-state index is 0.119. The quantitative estimate of drug-likeness (QED) is 0.197. The molecular formula is C31H28ClF3N6O. The molecule has 42 heavy (non-hydrogen) atoms. The van der Waals surface area contributed by atoms with Gasteiger partial charge in [0.05, 0.1) is 16.1 Å². The number of benzene rings is 2. The van der Waals surface area contributed by atoms with E-state index in [0.29, 0.717) is 39.2 Å². The van der Waals surface area contributed by atoms with Crippen LogP contribution in [0.2, 0.25) is 0 Å². The van der Waals surface area contributed by atoms with Gasteiger partial charge in [-0.3, -0.25) is 4.79 Å². The molecule has 1 atom stereocenters. The SMILES string of the molecule is Cc1cc([C@@H](C)Nc2ccc(F)cc2C(F)F)c2cc(-c3cnc(-c4cnc(C(C)(C)Cl)nc4)nc3)n(C)c(=O)c2c1. The van der Waals surface area contributed by atoms with E-state index in [-0.39, 0.29) is 11.2 Å². The van der Waals surface area contributed by atoms with E-state index in [9.17, 15) is 18.0 Å². The number of nitrogens with one attached hydrogen (secondary N) is 1. The third kappa shape index (κ3) is 5.72. The number of halogens is 4. The maximum Gasteiger partial charge on any atom is 0.265 e. The Morgan fingerprint density at radius 2 is 1.55 bits per heavy atom. The van der Waals surface area contributed by atoms with Crippen LogP contribution >= 0.6 is 11.6 Å². The minimum Gasteiger partial charge on any atom is -0.378 e. The monoisotopic (exact) mass is 592 g/mol. The molecule has 216 valence electrons. The summed E-state index contributed by atoms with van der Waals surface area (Å²) in [5.74, 6) is 0.150. The highest BCUT2D eigenvalue weighted by molar-refractivity contribution is 6.23. The number of hydrogen-bond donors (Lipinski definition) is 1. The number of nitrogens with zero attached hydrogens (tertiary/aromatic N) is 5. The lowest BCUT2D eigenvalue weighted by molar-refractivity contribution is 0.151. The molecule has 7 nitrogen and oxygen atoms in total. The number of pyridine rings is 1.